The van der Waals surface area contributed by atoms with Crippen molar-refractivity contribution in [2.45, 2.75) is 52.1 Å². The third kappa shape index (κ3) is 2.60. The molecule has 1 heterocycles. The number of para-hydroxylation sites is 1. The number of benzene rings is 1. The van der Waals surface area contributed by atoms with E-state index >= 15 is 0 Å². The summed E-state index contributed by atoms with van der Waals surface area (Å²) in [6.07, 6.45) is 11.0. The first-order valence-electron chi connectivity index (χ1n) is 7.36. The van der Waals surface area contributed by atoms with Crippen molar-refractivity contribution in [2.75, 3.05) is 0 Å². The van der Waals surface area contributed by atoms with Crippen molar-refractivity contribution in [1.29, 1.82) is 0 Å². The molecule has 0 radical (unpaired) electrons. The van der Waals surface area contributed by atoms with E-state index < -0.39 is 0 Å². The molecular formula is C18H22O. The molecule has 2 aliphatic rings. The van der Waals surface area contributed by atoms with Crippen LogP contribution >= 0.6 is 0 Å². The Labute approximate surface area is 116 Å². The number of hydrogen-bond acceptors (Lipinski definition) is 1. The number of ether oxygens (including phenoxy) is 1. The van der Waals surface area contributed by atoms with Gasteiger partial charge < -0.3 is 4.74 Å². The van der Waals surface area contributed by atoms with Crippen LogP contribution in [0.25, 0.3) is 6.08 Å². The summed E-state index contributed by atoms with van der Waals surface area (Å²) in [5, 5.41) is 0. The Morgan fingerprint density at radius 1 is 1.32 bits per heavy atom. The summed E-state index contributed by atoms with van der Waals surface area (Å²) in [6.45, 7) is 4.30. The highest BCUT2D eigenvalue weighted by Crippen LogP contribution is 2.38. The fourth-order valence-electron chi connectivity index (χ4n) is 2.98. The molecule has 1 aliphatic heterocycles. The van der Waals surface area contributed by atoms with E-state index in [4.69, 9.17) is 4.74 Å². The van der Waals surface area contributed by atoms with Crippen molar-refractivity contribution < 1.29 is 4.74 Å². The third-order valence-electron chi connectivity index (χ3n) is 4.05. The predicted molar refractivity (Wildman–Crippen MR) is 80.4 cm³/mol. The van der Waals surface area contributed by atoms with Crippen LogP contribution in [0, 0.1) is 0 Å². The van der Waals surface area contributed by atoms with Crippen molar-refractivity contribution >= 4 is 6.08 Å². The summed E-state index contributed by atoms with van der Waals surface area (Å²) in [5.74, 6) is 1.12. The van der Waals surface area contributed by atoms with E-state index in [1.54, 1.807) is 0 Å². The molecule has 0 bridgehead atoms. The molecule has 100 valence electrons. The van der Waals surface area contributed by atoms with Crippen LogP contribution in [0.1, 0.15) is 50.7 Å². The maximum absolute atomic E-state index is 6.30. The highest BCUT2D eigenvalue weighted by Gasteiger charge is 2.26. The predicted octanol–water partition coefficient (Wildman–Crippen LogP) is 4.91. The Morgan fingerprint density at radius 2 is 2.21 bits per heavy atom. The van der Waals surface area contributed by atoms with E-state index in [0.29, 0.717) is 6.10 Å². The zero-order chi connectivity index (χ0) is 13.2. The lowest BCUT2D eigenvalue weighted by Gasteiger charge is -2.31. The van der Waals surface area contributed by atoms with E-state index in [0.717, 1.165) is 12.2 Å². The molecule has 1 saturated carbocycles. The molecule has 1 nitrogen and oxygen atoms in total. The van der Waals surface area contributed by atoms with E-state index in [1.807, 2.05) is 0 Å². The van der Waals surface area contributed by atoms with E-state index in [-0.39, 0.29) is 0 Å². The molecule has 0 N–H and O–H groups in total. The Morgan fingerprint density at radius 3 is 3.05 bits per heavy atom. The van der Waals surface area contributed by atoms with Crippen molar-refractivity contribution in [3.8, 4) is 5.75 Å². The lowest BCUT2D eigenvalue weighted by Crippen LogP contribution is -2.26. The minimum Gasteiger partial charge on any atom is -0.485 e. The van der Waals surface area contributed by atoms with Gasteiger partial charge in [-0.05, 0) is 63.2 Å². The molecule has 1 heteroatoms. The molecule has 1 aromatic rings. The lowest BCUT2D eigenvalue weighted by atomic mass is 9.88. The van der Waals surface area contributed by atoms with Crippen LogP contribution in [0.5, 0.6) is 5.75 Å². The van der Waals surface area contributed by atoms with Crippen LogP contribution in [0.4, 0.5) is 0 Å². The summed E-state index contributed by atoms with van der Waals surface area (Å²) < 4.78 is 6.30. The van der Waals surface area contributed by atoms with Crippen LogP contribution in [-0.4, -0.2) is 6.10 Å². The van der Waals surface area contributed by atoms with Crippen LogP contribution in [0.3, 0.4) is 0 Å². The molecule has 1 fully saturated rings. The van der Waals surface area contributed by atoms with Gasteiger partial charge in [0.2, 0.25) is 0 Å². The maximum atomic E-state index is 6.30. The molecule has 3 rings (SSSR count). The zero-order valence-electron chi connectivity index (χ0n) is 11.9. The van der Waals surface area contributed by atoms with Gasteiger partial charge in [0.05, 0.1) is 0 Å². The molecule has 1 aromatic carbocycles. The summed E-state index contributed by atoms with van der Waals surface area (Å²) in [4.78, 5) is 0. The van der Waals surface area contributed by atoms with Gasteiger partial charge >= 0.3 is 0 Å². The average molecular weight is 254 g/mol. The van der Waals surface area contributed by atoms with Gasteiger partial charge in [-0.15, -0.1) is 0 Å². The van der Waals surface area contributed by atoms with E-state index in [1.165, 1.54) is 48.0 Å². The molecule has 0 spiro atoms. The minimum absolute atomic E-state index is 0.342. The largest absolute Gasteiger partial charge is 0.485 e. The first-order valence-corrected chi connectivity index (χ1v) is 7.36. The van der Waals surface area contributed by atoms with Crippen LogP contribution in [0.15, 0.2) is 35.4 Å². The Hall–Kier alpha value is -1.50. The third-order valence-corrected chi connectivity index (χ3v) is 4.05. The van der Waals surface area contributed by atoms with E-state index in [2.05, 4.69) is 44.2 Å². The first kappa shape index (κ1) is 12.5. The maximum Gasteiger partial charge on any atom is 0.130 e. The highest BCUT2D eigenvalue weighted by molar-refractivity contribution is 5.65. The number of rotatable bonds is 2. The van der Waals surface area contributed by atoms with Crippen molar-refractivity contribution in [3.05, 3.63) is 46.5 Å². The number of fused-ring (bicyclic) bond motifs is 2. The van der Waals surface area contributed by atoms with Gasteiger partial charge in [-0.2, -0.15) is 0 Å². The monoisotopic (exact) mass is 254 g/mol. The SMILES string of the molecule is CC(C)=CCc1cccc2c1OC1CCCCC1=C2. The molecule has 0 amide bonds. The minimum atomic E-state index is 0.342. The standard InChI is InChI=1S/C18H22O/c1-13(2)10-11-14-7-5-8-16-12-15-6-3-4-9-17(15)19-18(14)16/h5,7-8,10,12,17H,3-4,6,9,11H2,1-2H3. The molecular weight excluding hydrogens is 232 g/mol. The molecule has 0 aromatic heterocycles. The summed E-state index contributed by atoms with van der Waals surface area (Å²) >= 11 is 0. The van der Waals surface area contributed by atoms with Crippen molar-refractivity contribution in [1.82, 2.24) is 0 Å². The molecule has 0 saturated heterocycles. The van der Waals surface area contributed by atoms with Crippen molar-refractivity contribution in [3.63, 3.8) is 0 Å². The van der Waals surface area contributed by atoms with Crippen molar-refractivity contribution in [2.24, 2.45) is 0 Å². The second-order valence-corrected chi connectivity index (χ2v) is 5.89. The zero-order valence-corrected chi connectivity index (χ0v) is 11.9. The van der Waals surface area contributed by atoms with Crippen LogP contribution < -0.4 is 4.74 Å². The summed E-state index contributed by atoms with van der Waals surface area (Å²) in [7, 11) is 0. The fourth-order valence-corrected chi connectivity index (χ4v) is 2.98. The van der Waals surface area contributed by atoms with Crippen LogP contribution in [0.2, 0.25) is 0 Å². The van der Waals surface area contributed by atoms with Gasteiger partial charge in [0.1, 0.15) is 11.9 Å². The average Bonchev–Trinajstić information content (AvgIpc) is 2.42. The van der Waals surface area contributed by atoms with Gasteiger partial charge in [0.25, 0.3) is 0 Å². The second-order valence-electron chi connectivity index (χ2n) is 5.89. The van der Waals surface area contributed by atoms with Gasteiger partial charge in [0.15, 0.2) is 0 Å². The van der Waals surface area contributed by atoms with Gasteiger partial charge in [-0.25, -0.2) is 0 Å². The quantitative estimate of drug-likeness (QED) is 0.681. The van der Waals surface area contributed by atoms with Gasteiger partial charge in [0, 0.05) is 5.56 Å². The Kier molecular flexibility index (Phi) is 3.46. The smallest absolute Gasteiger partial charge is 0.130 e. The normalized spacial score (nSPS) is 20.7. The fraction of sp³-hybridized carbons (Fsp3) is 0.444. The van der Waals surface area contributed by atoms with Gasteiger partial charge in [-0.3, -0.25) is 0 Å². The number of allylic oxidation sites excluding steroid dienone is 2. The highest BCUT2D eigenvalue weighted by atomic mass is 16.5. The lowest BCUT2D eigenvalue weighted by molar-refractivity contribution is 0.198. The molecule has 1 aliphatic carbocycles. The number of hydrogen-bond donors (Lipinski definition) is 0. The summed E-state index contributed by atoms with van der Waals surface area (Å²) in [5.41, 5.74) is 5.45. The van der Waals surface area contributed by atoms with Crippen LogP contribution in [-0.2, 0) is 6.42 Å². The van der Waals surface area contributed by atoms with E-state index in [9.17, 15) is 0 Å². The molecule has 19 heavy (non-hydrogen) atoms. The molecule has 1 atom stereocenters. The Bertz CT molecular complexity index is 533. The molecule has 1 unspecified atom stereocenters. The second kappa shape index (κ2) is 5.24. The topological polar surface area (TPSA) is 9.23 Å². The Balaban J connectivity index is 1.95. The first-order chi connectivity index (χ1) is 9.24. The summed E-state index contributed by atoms with van der Waals surface area (Å²) in [6, 6.07) is 6.52. The van der Waals surface area contributed by atoms with Gasteiger partial charge in [-0.1, -0.05) is 29.8 Å².